The first-order valence-electron chi connectivity index (χ1n) is 8.59. The van der Waals surface area contributed by atoms with E-state index in [1.54, 1.807) is 31.3 Å². The van der Waals surface area contributed by atoms with Gasteiger partial charge in [-0.05, 0) is 43.2 Å². The number of amides is 3. The fraction of sp³-hybridized carbons (Fsp3) is 0.350. The van der Waals surface area contributed by atoms with Crippen LogP contribution in [0.5, 0.6) is 0 Å². The van der Waals surface area contributed by atoms with Crippen LogP contribution in [-0.2, 0) is 4.79 Å². The van der Waals surface area contributed by atoms with E-state index in [1.807, 2.05) is 34.6 Å². The van der Waals surface area contributed by atoms with Crippen LogP contribution in [0, 0.1) is 19.3 Å². The maximum absolute atomic E-state index is 12.7. The number of hydrogen-bond donors (Lipinski definition) is 3. The lowest BCUT2D eigenvalue weighted by atomic mass is 9.96. The summed E-state index contributed by atoms with van der Waals surface area (Å²) in [6.45, 7) is 9.18. The fourth-order valence-electron chi connectivity index (χ4n) is 2.29. The van der Waals surface area contributed by atoms with Crippen molar-refractivity contribution in [3.8, 4) is 0 Å². The average molecular weight is 388 g/mol. The second kappa shape index (κ2) is 7.92. The van der Waals surface area contributed by atoms with Crippen molar-refractivity contribution in [3.05, 3.63) is 45.8 Å². The highest BCUT2D eigenvalue weighted by Gasteiger charge is 2.23. The van der Waals surface area contributed by atoms with Crippen molar-refractivity contribution in [3.63, 3.8) is 0 Å². The summed E-state index contributed by atoms with van der Waals surface area (Å²) in [6, 6.07) is 6.94. The Hall–Kier alpha value is -2.67. The van der Waals surface area contributed by atoms with Crippen LogP contribution < -0.4 is 16.0 Å². The van der Waals surface area contributed by atoms with E-state index >= 15 is 0 Å². The number of carbonyl (C=O) groups excluding carboxylic acids is 3. The third kappa shape index (κ3) is 4.95. The number of aryl methyl sites for hydroxylation is 2. The van der Waals surface area contributed by atoms with Crippen molar-refractivity contribution in [1.82, 2.24) is 5.32 Å². The minimum atomic E-state index is -0.516. The van der Waals surface area contributed by atoms with E-state index in [2.05, 4.69) is 16.0 Å². The summed E-state index contributed by atoms with van der Waals surface area (Å²) in [5.41, 5.74) is 2.17. The second-order valence-electron chi connectivity index (χ2n) is 7.39. The number of carbonyl (C=O) groups is 3. The van der Waals surface area contributed by atoms with Gasteiger partial charge in [0.05, 0.1) is 9.88 Å². The molecule has 0 saturated carbocycles. The van der Waals surface area contributed by atoms with Crippen LogP contribution in [0.2, 0.25) is 0 Å². The molecule has 3 amide bonds. The standard InChI is InChI=1S/C20H25N3O3S/c1-11-7-8-13(17(24)21-6)10-14(11)22-18(25)16-12(2)9-15(27-16)23-19(26)20(3,4)5/h7-10H,1-6H3,(H,21,24)(H,22,25)(H,23,26). The molecule has 1 heterocycles. The van der Waals surface area contributed by atoms with Gasteiger partial charge in [-0.15, -0.1) is 11.3 Å². The Morgan fingerprint density at radius 2 is 1.59 bits per heavy atom. The lowest BCUT2D eigenvalue weighted by Crippen LogP contribution is -2.27. The van der Waals surface area contributed by atoms with Crippen LogP contribution in [0.1, 0.15) is 51.9 Å². The number of nitrogens with one attached hydrogen (secondary N) is 3. The molecule has 2 aromatic rings. The Bertz CT molecular complexity index is 894. The third-order valence-corrected chi connectivity index (χ3v) is 5.17. The SMILES string of the molecule is CNC(=O)c1ccc(C)c(NC(=O)c2sc(NC(=O)C(C)(C)C)cc2C)c1. The van der Waals surface area contributed by atoms with Gasteiger partial charge in [0.15, 0.2) is 0 Å². The van der Waals surface area contributed by atoms with Gasteiger partial charge in [-0.3, -0.25) is 14.4 Å². The van der Waals surface area contributed by atoms with Crippen LogP contribution in [0.3, 0.4) is 0 Å². The van der Waals surface area contributed by atoms with Gasteiger partial charge in [0.2, 0.25) is 5.91 Å². The summed E-state index contributed by atoms with van der Waals surface area (Å²) in [7, 11) is 1.56. The summed E-state index contributed by atoms with van der Waals surface area (Å²) in [5.74, 6) is -0.597. The van der Waals surface area contributed by atoms with Crippen molar-refractivity contribution in [1.29, 1.82) is 0 Å². The lowest BCUT2D eigenvalue weighted by Gasteiger charge is -2.16. The summed E-state index contributed by atoms with van der Waals surface area (Å²) in [6.07, 6.45) is 0. The van der Waals surface area contributed by atoms with Gasteiger partial charge in [0, 0.05) is 23.7 Å². The molecule has 2 rings (SSSR count). The highest BCUT2D eigenvalue weighted by Crippen LogP contribution is 2.29. The molecule has 0 atom stereocenters. The summed E-state index contributed by atoms with van der Waals surface area (Å²) in [5, 5.41) is 8.91. The van der Waals surface area contributed by atoms with Gasteiger partial charge in [-0.1, -0.05) is 26.8 Å². The van der Waals surface area contributed by atoms with Gasteiger partial charge in [-0.2, -0.15) is 0 Å². The molecule has 0 fully saturated rings. The Labute approximate surface area is 163 Å². The molecule has 0 spiro atoms. The molecule has 7 heteroatoms. The molecule has 0 unspecified atom stereocenters. The van der Waals surface area contributed by atoms with Crippen LogP contribution in [0.4, 0.5) is 10.7 Å². The van der Waals surface area contributed by atoms with Crippen molar-refractivity contribution in [2.75, 3.05) is 17.7 Å². The van der Waals surface area contributed by atoms with Crippen LogP contribution >= 0.6 is 11.3 Å². The van der Waals surface area contributed by atoms with Gasteiger partial charge < -0.3 is 16.0 Å². The van der Waals surface area contributed by atoms with E-state index in [9.17, 15) is 14.4 Å². The third-order valence-electron chi connectivity index (χ3n) is 4.02. The molecule has 0 saturated heterocycles. The average Bonchev–Trinajstić information content (AvgIpc) is 2.95. The molecule has 1 aromatic carbocycles. The van der Waals surface area contributed by atoms with Crippen LogP contribution in [0.15, 0.2) is 24.3 Å². The largest absolute Gasteiger partial charge is 0.355 e. The second-order valence-corrected chi connectivity index (χ2v) is 8.44. The van der Waals surface area contributed by atoms with E-state index in [0.717, 1.165) is 11.1 Å². The zero-order valence-electron chi connectivity index (χ0n) is 16.4. The summed E-state index contributed by atoms with van der Waals surface area (Å²) in [4.78, 5) is 37.2. The zero-order valence-corrected chi connectivity index (χ0v) is 17.3. The summed E-state index contributed by atoms with van der Waals surface area (Å²) >= 11 is 1.23. The van der Waals surface area contributed by atoms with Gasteiger partial charge in [-0.25, -0.2) is 0 Å². The molecule has 0 aliphatic rings. The van der Waals surface area contributed by atoms with Crippen LogP contribution in [-0.4, -0.2) is 24.8 Å². The molecule has 144 valence electrons. The number of benzene rings is 1. The molecule has 3 N–H and O–H groups in total. The van der Waals surface area contributed by atoms with E-state index in [0.29, 0.717) is 21.1 Å². The molecule has 0 radical (unpaired) electrons. The van der Waals surface area contributed by atoms with E-state index < -0.39 is 5.41 Å². The zero-order chi connectivity index (χ0) is 20.4. The van der Waals surface area contributed by atoms with Gasteiger partial charge in [0.25, 0.3) is 11.8 Å². The lowest BCUT2D eigenvalue weighted by molar-refractivity contribution is -0.123. The highest BCUT2D eigenvalue weighted by atomic mass is 32.1. The molecule has 0 aliphatic heterocycles. The monoisotopic (exact) mass is 387 g/mol. The maximum Gasteiger partial charge on any atom is 0.266 e. The molecular weight excluding hydrogens is 362 g/mol. The van der Waals surface area contributed by atoms with E-state index in [1.165, 1.54) is 11.3 Å². The number of thiophene rings is 1. The highest BCUT2D eigenvalue weighted by molar-refractivity contribution is 7.18. The topological polar surface area (TPSA) is 87.3 Å². The first kappa shape index (κ1) is 20.6. The Kier molecular flexibility index (Phi) is 6.05. The van der Waals surface area contributed by atoms with E-state index in [4.69, 9.17) is 0 Å². The molecule has 1 aromatic heterocycles. The molecule has 27 heavy (non-hydrogen) atoms. The number of anilines is 2. The molecule has 0 aliphatic carbocycles. The predicted molar refractivity (Wildman–Crippen MR) is 110 cm³/mol. The minimum absolute atomic E-state index is 0.107. The summed E-state index contributed by atoms with van der Waals surface area (Å²) < 4.78 is 0. The normalized spacial score (nSPS) is 11.0. The molecular formula is C20H25N3O3S. The first-order valence-corrected chi connectivity index (χ1v) is 9.40. The Morgan fingerprint density at radius 3 is 2.19 bits per heavy atom. The Morgan fingerprint density at radius 1 is 0.926 bits per heavy atom. The van der Waals surface area contributed by atoms with Gasteiger partial charge in [0.1, 0.15) is 0 Å². The molecule has 6 nitrogen and oxygen atoms in total. The first-order chi connectivity index (χ1) is 12.5. The van der Waals surface area contributed by atoms with Crippen LogP contribution in [0.25, 0.3) is 0 Å². The molecule has 0 bridgehead atoms. The van der Waals surface area contributed by atoms with Crippen molar-refractivity contribution >= 4 is 39.7 Å². The van der Waals surface area contributed by atoms with Crippen molar-refractivity contribution in [2.24, 2.45) is 5.41 Å². The maximum atomic E-state index is 12.7. The number of hydrogen-bond acceptors (Lipinski definition) is 4. The minimum Gasteiger partial charge on any atom is -0.355 e. The van der Waals surface area contributed by atoms with Crippen molar-refractivity contribution in [2.45, 2.75) is 34.6 Å². The van der Waals surface area contributed by atoms with Crippen molar-refractivity contribution < 1.29 is 14.4 Å². The fourth-order valence-corrected chi connectivity index (χ4v) is 3.25. The number of rotatable bonds is 4. The smallest absolute Gasteiger partial charge is 0.266 e. The predicted octanol–water partition coefficient (Wildman–Crippen LogP) is 3.96. The Balaban J connectivity index is 2.22. The van der Waals surface area contributed by atoms with Gasteiger partial charge >= 0.3 is 0 Å². The van der Waals surface area contributed by atoms with E-state index in [-0.39, 0.29) is 17.7 Å². The quantitative estimate of drug-likeness (QED) is 0.742.